The van der Waals surface area contributed by atoms with Crippen molar-refractivity contribution in [2.45, 2.75) is 0 Å². The highest BCUT2D eigenvalue weighted by atomic mass is 35.5. The van der Waals surface area contributed by atoms with E-state index >= 15 is 0 Å². The summed E-state index contributed by atoms with van der Waals surface area (Å²) in [5.41, 5.74) is -1.73. The Bertz CT molecular complexity index is 832. The van der Waals surface area contributed by atoms with Crippen molar-refractivity contribution >= 4 is 47.1 Å². The van der Waals surface area contributed by atoms with E-state index in [0.717, 1.165) is 24.3 Å². The molecule has 0 atom stereocenters. The third-order valence-electron chi connectivity index (χ3n) is 3.05. The molecular weight excluding hydrogens is 375 g/mol. The molecule has 0 saturated heterocycles. The molecule has 2 rings (SSSR count). The van der Waals surface area contributed by atoms with E-state index < -0.39 is 46.1 Å². The van der Waals surface area contributed by atoms with Gasteiger partial charge in [-0.1, -0.05) is 23.2 Å². The summed E-state index contributed by atoms with van der Waals surface area (Å²) in [6.07, 6.45) is 0. The van der Waals surface area contributed by atoms with Gasteiger partial charge in [-0.25, -0.2) is 19.2 Å². The molecule has 2 aromatic rings. The minimum atomic E-state index is -1.44. The van der Waals surface area contributed by atoms with Gasteiger partial charge >= 0.3 is 23.9 Å². The first-order chi connectivity index (χ1) is 11.7. The highest BCUT2D eigenvalue weighted by molar-refractivity contribution is 6.31. The van der Waals surface area contributed by atoms with E-state index in [1.807, 2.05) is 0 Å². The Balaban J connectivity index is 2.35. The predicted octanol–water partition coefficient (Wildman–Crippen LogP) is 3.39. The number of carboxylic acid groups (broad SMARTS) is 2. The van der Waals surface area contributed by atoms with Crippen LogP contribution in [-0.2, 0) is 4.74 Å². The summed E-state index contributed by atoms with van der Waals surface area (Å²) in [4.78, 5) is 46.5. The fourth-order valence-electron chi connectivity index (χ4n) is 1.94. The number of ether oxygens (including phenoxy) is 1. The summed E-state index contributed by atoms with van der Waals surface area (Å²) in [7, 11) is 0. The largest absolute Gasteiger partial charge is 0.478 e. The van der Waals surface area contributed by atoms with Gasteiger partial charge in [0.25, 0.3) is 0 Å². The molecule has 0 radical (unpaired) electrons. The lowest BCUT2D eigenvalue weighted by molar-refractivity contribution is 0.0386. The Hall–Kier alpha value is -2.90. The number of aromatic carboxylic acids is 2. The molecule has 9 heteroatoms. The van der Waals surface area contributed by atoms with Gasteiger partial charge in [0.2, 0.25) is 0 Å². The lowest BCUT2D eigenvalue weighted by atomic mass is 10.1. The second-order valence-corrected chi connectivity index (χ2v) is 5.54. The van der Waals surface area contributed by atoms with E-state index in [2.05, 4.69) is 4.74 Å². The number of hydrogen-bond acceptors (Lipinski definition) is 5. The molecule has 2 N–H and O–H groups in total. The fourth-order valence-corrected chi connectivity index (χ4v) is 2.28. The zero-order chi connectivity index (χ0) is 18.7. The molecule has 128 valence electrons. The number of halogens is 2. The lowest BCUT2D eigenvalue weighted by Crippen LogP contribution is -2.18. The molecule has 0 aromatic heterocycles. The van der Waals surface area contributed by atoms with Crippen molar-refractivity contribution in [3.63, 3.8) is 0 Å². The van der Waals surface area contributed by atoms with Crippen molar-refractivity contribution < 1.29 is 34.1 Å². The van der Waals surface area contributed by atoms with Gasteiger partial charge in [0, 0.05) is 10.0 Å². The maximum Gasteiger partial charge on any atom is 0.346 e. The first-order valence-corrected chi connectivity index (χ1v) is 7.28. The van der Waals surface area contributed by atoms with Crippen LogP contribution in [0.15, 0.2) is 36.4 Å². The number of esters is 2. The van der Waals surface area contributed by atoms with Gasteiger partial charge in [0.15, 0.2) is 0 Å². The topological polar surface area (TPSA) is 118 Å². The second kappa shape index (κ2) is 7.33. The standard InChI is InChI=1S/C16H8Cl2O7/c17-7-1-3-9(11(5-7)13(19)20)15(23)25-16(24)10-4-2-8(18)6-12(10)14(21)22/h1-6H,(H,19,20)(H,21,22). The van der Waals surface area contributed by atoms with Gasteiger partial charge in [-0.05, 0) is 36.4 Å². The highest BCUT2D eigenvalue weighted by Crippen LogP contribution is 2.20. The third-order valence-corrected chi connectivity index (χ3v) is 3.52. The van der Waals surface area contributed by atoms with Crippen LogP contribution in [0, 0.1) is 0 Å². The molecule has 0 aliphatic carbocycles. The highest BCUT2D eigenvalue weighted by Gasteiger charge is 2.24. The Kier molecular flexibility index (Phi) is 5.41. The normalized spacial score (nSPS) is 10.2. The van der Waals surface area contributed by atoms with Gasteiger partial charge in [0.1, 0.15) is 0 Å². The number of rotatable bonds is 4. The molecule has 0 heterocycles. The van der Waals surface area contributed by atoms with Crippen molar-refractivity contribution in [3.05, 3.63) is 68.7 Å². The summed E-state index contributed by atoms with van der Waals surface area (Å²) < 4.78 is 4.59. The molecule has 0 fully saturated rings. The summed E-state index contributed by atoms with van der Waals surface area (Å²) in [5.74, 6) is -5.41. The minimum absolute atomic E-state index is 0.0751. The summed E-state index contributed by atoms with van der Waals surface area (Å²) in [6.45, 7) is 0. The van der Waals surface area contributed by atoms with Crippen LogP contribution in [0.1, 0.15) is 41.4 Å². The number of carbonyl (C=O) groups excluding carboxylic acids is 2. The smallest absolute Gasteiger partial charge is 0.346 e. The first kappa shape index (κ1) is 18.4. The van der Waals surface area contributed by atoms with E-state index in [-0.39, 0.29) is 10.0 Å². The molecule has 0 bridgehead atoms. The van der Waals surface area contributed by atoms with Gasteiger partial charge in [-0.2, -0.15) is 0 Å². The van der Waals surface area contributed by atoms with Crippen LogP contribution in [0.5, 0.6) is 0 Å². The van der Waals surface area contributed by atoms with Gasteiger partial charge in [-0.3, -0.25) is 0 Å². The summed E-state index contributed by atoms with van der Waals surface area (Å²) in [5, 5.41) is 18.3. The number of hydrogen-bond donors (Lipinski definition) is 2. The van der Waals surface area contributed by atoms with E-state index in [9.17, 15) is 19.2 Å². The number of carboxylic acids is 2. The average Bonchev–Trinajstić information content (AvgIpc) is 2.54. The van der Waals surface area contributed by atoms with Crippen molar-refractivity contribution in [2.24, 2.45) is 0 Å². The molecular formula is C16H8Cl2O7. The Morgan fingerprint density at radius 2 is 1.04 bits per heavy atom. The fraction of sp³-hybridized carbons (Fsp3) is 0. The molecule has 7 nitrogen and oxygen atoms in total. The van der Waals surface area contributed by atoms with E-state index in [1.165, 1.54) is 12.1 Å². The minimum Gasteiger partial charge on any atom is -0.478 e. The molecule has 0 amide bonds. The van der Waals surface area contributed by atoms with Crippen LogP contribution in [0.4, 0.5) is 0 Å². The summed E-state index contributed by atoms with van der Waals surface area (Å²) in [6, 6.07) is 6.72. The quantitative estimate of drug-likeness (QED) is 0.614. The van der Waals surface area contributed by atoms with Gasteiger partial charge in [-0.15, -0.1) is 0 Å². The maximum atomic E-state index is 12.1. The molecule has 0 aliphatic rings. The molecule has 25 heavy (non-hydrogen) atoms. The van der Waals surface area contributed by atoms with Crippen LogP contribution in [0.2, 0.25) is 10.0 Å². The zero-order valence-corrected chi connectivity index (χ0v) is 13.7. The second-order valence-electron chi connectivity index (χ2n) is 4.67. The first-order valence-electron chi connectivity index (χ1n) is 6.53. The van der Waals surface area contributed by atoms with Crippen molar-refractivity contribution in [3.8, 4) is 0 Å². The predicted molar refractivity (Wildman–Crippen MR) is 86.6 cm³/mol. The van der Waals surface area contributed by atoms with Crippen LogP contribution in [0.3, 0.4) is 0 Å². The zero-order valence-electron chi connectivity index (χ0n) is 12.2. The van der Waals surface area contributed by atoms with E-state index in [4.69, 9.17) is 33.4 Å². The Morgan fingerprint density at radius 1 is 0.680 bits per heavy atom. The molecule has 0 saturated carbocycles. The Labute approximate surface area is 150 Å². The van der Waals surface area contributed by atoms with E-state index in [0.29, 0.717) is 0 Å². The van der Waals surface area contributed by atoms with Crippen LogP contribution in [-0.4, -0.2) is 34.1 Å². The number of carbonyl (C=O) groups is 4. The van der Waals surface area contributed by atoms with Crippen molar-refractivity contribution in [1.82, 2.24) is 0 Å². The maximum absolute atomic E-state index is 12.1. The van der Waals surface area contributed by atoms with Crippen LogP contribution < -0.4 is 0 Å². The third kappa shape index (κ3) is 4.14. The molecule has 0 aliphatic heterocycles. The monoisotopic (exact) mass is 382 g/mol. The number of benzene rings is 2. The van der Waals surface area contributed by atoms with Gasteiger partial charge < -0.3 is 14.9 Å². The van der Waals surface area contributed by atoms with Crippen molar-refractivity contribution in [1.29, 1.82) is 0 Å². The van der Waals surface area contributed by atoms with Crippen molar-refractivity contribution in [2.75, 3.05) is 0 Å². The molecule has 0 unspecified atom stereocenters. The van der Waals surface area contributed by atoms with Gasteiger partial charge in [0.05, 0.1) is 22.3 Å². The lowest BCUT2D eigenvalue weighted by Gasteiger charge is -2.08. The van der Waals surface area contributed by atoms with E-state index in [1.54, 1.807) is 0 Å². The summed E-state index contributed by atoms with van der Waals surface area (Å²) >= 11 is 11.4. The molecule has 2 aromatic carbocycles. The average molecular weight is 383 g/mol. The SMILES string of the molecule is O=C(O)c1cc(Cl)ccc1C(=O)OC(=O)c1ccc(Cl)cc1C(=O)O. The molecule has 0 spiro atoms. The van der Waals surface area contributed by atoms with Crippen LogP contribution >= 0.6 is 23.2 Å². The Morgan fingerprint density at radius 3 is 1.36 bits per heavy atom. The van der Waals surface area contributed by atoms with Crippen LogP contribution in [0.25, 0.3) is 0 Å².